The summed E-state index contributed by atoms with van der Waals surface area (Å²) in [5.41, 5.74) is 1.95. The van der Waals surface area contributed by atoms with Crippen molar-refractivity contribution in [1.29, 1.82) is 0 Å². The smallest absolute Gasteiger partial charge is 0.286 e. The summed E-state index contributed by atoms with van der Waals surface area (Å²) in [4.78, 5) is 33.6. The average Bonchev–Trinajstić information content (AvgIpc) is 3.12. The number of anilines is 3. The summed E-state index contributed by atoms with van der Waals surface area (Å²) in [5.74, 6) is 2.03. The first kappa shape index (κ1) is 21.6. The van der Waals surface area contributed by atoms with Gasteiger partial charge in [-0.3, -0.25) is 14.9 Å². The first-order valence-electron chi connectivity index (χ1n) is 10.2. The molecule has 3 aromatic rings. The number of amides is 2. The summed E-state index contributed by atoms with van der Waals surface area (Å²) >= 11 is 1.04. The predicted octanol–water partition coefficient (Wildman–Crippen LogP) is 3.63. The molecule has 1 aliphatic rings. The highest BCUT2D eigenvalue weighted by molar-refractivity contribution is 8.15. The van der Waals surface area contributed by atoms with Crippen LogP contribution >= 0.6 is 11.8 Å². The summed E-state index contributed by atoms with van der Waals surface area (Å²) in [7, 11) is 1.95. The second kappa shape index (κ2) is 10.1. The molecule has 1 saturated heterocycles. The van der Waals surface area contributed by atoms with E-state index in [0.717, 1.165) is 40.4 Å². The van der Waals surface area contributed by atoms with Crippen LogP contribution in [0.3, 0.4) is 0 Å². The lowest BCUT2D eigenvalue weighted by molar-refractivity contribution is -0.118. The largest absolute Gasteiger partial charge is 0.492 e. The Morgan fingerprint density at radius 3 is 2.59 bits per heavy atom. The average molecular weight is 450 g/mol. The zero-order valence-electron chi connectivity index (χ0n) is 17.5. The van der Waals surface area contributed by atoms with Crippen LogP contribution in [0.1, 0.15) is 5.56 Å². The Morgan fingerprint density at radius 1 is 1.09 bits per heavy atom. The normalized spacial score (nSPS) is 15.3. The third-order valence-electron chi connectivity index (χ3n) is 4.90. The van der Waals surface area contributed by atoms with Gasteiger partial charge in [0.2, 0.25) is 5.91 Å². The van der Waals surface area contributed by atoms with Gasteiger partial charge in [-0.05, 0) is 36.2 Å². The fraction of sp³-hybridized carbons (Fsp3) is 0.217. The molecule has 2 heterocycles. The number of para-hydroxylation sites is 1. The van der Waals surface area contributed by atoms with Crippen molar-refractivity contribution < 1.29 is 14.3 Å². The number of nitrogens with one attached hydrogen (secondary N) is 2. The molecule has 1 unspecified atom stereocenters. The zero-order chi connectivity index (χ0) is 22.3. The van der Waals surface area contributed by atoms with Gasteiger partial charge in [0, 0.05) is 18.8 Å². The minimum atomic E-state index is -0.364. The number of nitrogens with zero attached hydrogens (tertiary/aromatic N) is 3. The van der Waals surface area contributed by atoms with Gasteiger partial charge >= 0.3 is 0 Å². The van der Waals surface area contributed by atoms with Crippen LogP contribution in [0.2, 0.25) is 0 Å². The molecule has 32 heavy (non-hydrogen) atoms. The van der Waals surface area contributed by atoms with E-state index in [1.807, 2.05) is 72.6 Å². The third-order valence-corrected chi connectivity index (χ3v) is 5.88. The first-order chi connectivity index (χ1) is 15.6. The highest BCUT2D eigenvalue weighted by Gasteiger charge is 2.31. The van der Waals surface area contributed by atoms with Crippen LogP contribution in [0.4, 0.5) is 22.1 Å². The molecule has 9 heteroatoms. The molecule has 4 rings (SSSR count). The van der Waals surface area contributed by atoms with Gasteiger partial charge in [0.05, 0.1) is 11.8 Å². The summed E-state index contributed by atoms with van der Waals surface area (Å²) < 4.78 is 5.85. The van der Waals surface area contributed by atoms with Crippen molar-refractivity contribution in [3.63, 3.8) is 0 Å². The monoisotopic (exact) mass is 449 g/mol. The second-order valence-electron chi connectivity index (χ2n) is 7.25. The van der Waals surface area contributed by atoms with Crippen LogP contribution in [0, 0.1) is 0 Å². The zero-order valence-corrected chi connectivity index (χ0v) is 18.3. The number of hydrogen-bond donors (Lipinski definition) is 2. The van der Waals surface area contributed by atoms with Crippen molar-refractivity contribution in [3.8, 4) is 5.75 Å². The van der Waals surface area contributed by atoms with E-state index in [2.05, 4.69) is 20.6 Å². The highest BCUT2D eigenvalue weighted by Crippen LogP contribution is 2.24. The number of carbonyl (C=O) groups is 2. The lowest BCUT2D eigenvalue weighted by Gasteiger charge is -2.19. The van der Waals surface area contributed by atoms with Crippen molar-refractivity contribution in [2.24, 2.45) is 0 Å². The van der Waals surface area contributed by atoms with Crippen LogP contribution in [0.5, 0.6) is 5.75 Å². The number of rotatable bonds is 9. The number of imide groups is 1. The first-order valence-corrected chi connectivity index (χ1v) is 11.0. The lowest BCUT2D eigenvalue weighted by atomic mass is 10.1. The molecule has 8 nitrogen and oxygen atoms in total. The number of hydrogen-bond acceptors (Lipinski definition) is 8. The summed E-state index contributed by atoms with van der Waals surface area (Å²) in [6, 6.07) is 19.3. The maximum Gasteiger partial charge on any atom is 0.286 e. The Balaban J connectivity index is 1.26. The van der Waals surface area contributed by atoms with Crippen molar-refractivity contribution in [2.75, 3.05) is 30.4 Å². The maximum atomic E-state index is 11.7. The fourth-order valence-electron chi connectivity index (χ4n) is 3.17. The summed E-state index contributed by atoms with van der Waals surface area (Å²) in [5, 5.41) is 4.93. The SMILES string of the molecule is CN(CCOc1ccc(CC2SC(=O)NC2=O)cc1)c1cc(Nc2ccccc2)ncn1. The number of carbonyl (C=O) groups excluding carboxylic acids is 2. The van der Waals surface area contributed by atoms with Crippen LogP contribution in [0.25, 0.3) is 0 Å². The number of thioether (sulfide) groups is 1. The van der Waals surface area contributed by atoms with E-state index in [1.165, 1.54) is 6.33 Å². The van der Waals surface area contributed by atoms with E-state index in [9.17, 15) is 9.59 Å². The predicted molar refractivity (Wildman–Crippen MR) is 126 cm³/mol. The molecular formula is C23H23N5O3S. The molecule has 1 aromatic heterocycles. The molecule has 2 aromatic carbocycles. The number of likely N-dealkylation sites (N-methyl/N-ethyl adjacent to an activating group) is 1. The van der Waals surface area contributed by atoms with E-state index in [1.54, 1.807) is 0 Å². The van der Waals surface area contributed by atoms with Gasteiger partial charge in [-0.15, -0.1) is 0 Å². The van der Waals surface area contributed by atoms with E-state index in [0.29, 0.717) is 19.6 Å². The number of aromatic nitrogens is 2. The Labute approximate surface area is 190 Å². The Morgan fingerprint density at radius 2 is 1.88 bits per heavy atom. The Kier molecular flexibility index (Phi) is 6.86. The molecule has 0 spiro atoms. The van der Waals surface area contributed by atoms with Gasteiger partial charge in [-0.2, -0.15) is 0 Å². The van der Waals surface area contributed by atoms with E-state index in [4.69, 9.17) is 4.74 Å². The molecule has 0 aliphatic carbocycles. The second-order valence-corrected chi connectivity index (χ2v) is 8.43. The molecule has 1 aliphatic heterocycles. The van der Waals surface area contributed by atoms with Gasteiger partial charge < -0.3 is 15.0 Å². The van der Waals surface area contributed by atoms with Crippen LogP contribution < -0.4 is 20.3 Å². The molecule has 0 saturated carbocycles. The maximum absolute atomic E-state index is 11.7. The van der Waals surface area contributed by atoms with Crippen LogP contribution in [-0.2, 0) is 11.2 Å². The van der Waals surface area contributed by atoms with Gasteiger partial charge in [-0.1, -0.05) is 42.1 Å². The quantitative estimate of drug-likeness (QED) is 0.511. The van der Waals surface area contributed by atoms with Crippen LogP contribution in [0.15, 0.2) is 67.0 Å². The van der Waals surface area contributed by atoms with Crippen molar-refractivity contribution in [1.82, 2.24) is 15.3 Å². The minimum absolute atomic E-state index is 0.227. The van der Waals surface area contributed by atoms with Crippen molar-refractivity contribution in [3.05, 3.63) is 72.6 Å². The molecule has 0 radical (unpaired) electrons. The van der Waals surface area contributed by atoms with E-state index >= 15 is 0 Å². The number of ether oxygens (including phenoxy) is 1. The molecule has 2 N–H and O–H groups in total. The molecule has 1 fully saturated rings. The van der Waals surface area contributed by atoms with Crippen molar-refractivity contribution in [2.45, 2.75) is 11.7 Å². The molecule has 0 bridgehead atoms. The standard InChI is InChI=1S/C23H23N5O3S/c1-28(21-14-20(24-15-25-21)26-17-5-3-2-4-6-17)11-12-31-18-9-7-16(8-10-18)13-19-22(29)27-23(30)32-19/h2-10,14-15,19H,11-13H2,1H3,(H,24,25,26)(H,27,29,30). The minimum Gasteiger partial charge on any atom is -0.492 e. The van der Waals surface area contributed by atoms with Gasteiger partial charge in [0.1, 0.15) is 30.3 Å². The molecule has 164 valence electrons. The fourth-order valence-corrected chi connectivity index (χ4v) is 4.03. The van der Waals surface area contributed by atoms with Crippen LogP contribution in [-0.4, -0.2) is 46.6 Å². The van der Waals surface area contributed by atoms with Crippen molar-refractivity contribution >= 4 is 40.2 Å². The Hall–Kier alpha value is -3.59. The van der Waals surface area contributed by atoms with E-state index < -0.39 is 0 Å². The highest BCUT2D eigenvalue weighted by atomic mass is 32.2. The molecule has 2 amide bonds. The topological polar surface area (TPSA) is 96.5 Å². The summed E-state index contributed by atoms with van der Waals surface area (Å²) in [6.07, 6.45) is 2.05. The van der Waals surface area contributed by atoms with Gasteiger partial charge in [0.25, 0.3) is 5.24 Å². The summed E-state index contributed by atoms with van der Waals surface area (Å²) in [6.45, 7) is 1.13. The lowest BCUT2D eigenvalue weighted by Crippen LogP contribution is -2.25. The van der Waals surface area contributed by atoms with E-state index in [-0.39, 0.29) is 16.4 Å². The van der Waals surface area contributed by atoms with Gasteiger partial charge in [-0.25, -0.2) is 9.97 Å². The molecule has 1 atom stereocenters. The molecular weight excluding hydrogens is 426 g/mol. The number of benzene rings is 2. The Bertz CT molecular complexity index is 1080. The van der Waals surface area contributed by atoms with Gasteiger partial charge in [0.15, 0.2) is 0 Å². The third kappa shape index (κ3) is 5.76.